The van der Waals surface area contributed by atoms with E-state index >= 15 is 0 Å². The van der Waals surface area contributed by atoms with Gasteiger partial charge in [-0.3, -0.25) is 0 Å². The van der Waals surface area contributed by atoms with Crippen LogP contribution in [0.1, 0.15) is 45.1 Å². The van der Waals surface area contributed by atoms with E-state index in [1.54, 1.807) is 17.5 Å². The van der Waals surface area contributed by atoms with Crippen LogP contribution in [0.3, 0.4) is 0 Å². The Bertz CT molecular complexity index is 459. The van der Waals surface area contributed by atoms with Gasteiger partial charge in [0.1, 0.15) is 10.8 Å². The van der Waals surface area contributed by atoms with E-state index in [0.717, 1.165) is 30.1 Å². The van der Waals surface area contributed by atoms with Gasteiger partial charge in [0.2, 0.25) is 0 Å². The minimum Gasteiger partial charge on any atom is -0.403 e. The number of unbranched alkanes of at least 4 members (excludes halogenated alkanes) is 1. The van der Waals surface area contributed by atoms with Crippen molar-refractivity contribution >= 4 is 27.9 Å². The van der Waals surface area contributed by atoms with Crippen molar-refractivity contribution in [2.24, 2.45) is 10.7 Å². The predicted molar refractivity (Wildman–Crippen MR) is 80.1 cm³/mol. The Morgan fingerprint density at radius 3 is 2.89 bits per heavy atom. The number of hydrogen-bond acceptors (Lipinski definition) is 4. The molecule has 2 heterocycles. The Hall–Kier alpha value is -1.29. The van der Waals surface area contributed by atoms with Gasteiger partial charge in [-0.1, -0.05) is 20.3 Å². The molecule has 0 spiro atoms. The van der Waals surface area contributed by atoms with Crippen LogP contribution < -0.4 is 5.73 Å². The lowest BCUT2D eigenvalue weighted by Gasteiger charge is -2.31. The molecule has 2 rings (SSSR count). The lowest BCUT2D eigenvalue weighted by Crippen LogP contribution is -2.32. The minimum atomic E-state index is 0.987. The molecule has 0 amide bonds. The quantitative estimate of drug-likeness (QED) is 0.874. The van der Waals surface area contributed by atoms with Crippen molar-refractivity contribution in [3.05, 3.63) is 23.2 Å². The molecule has 0 saturated heterocycles. The second-order valence-electron chi connectivity index (χ2n) is 4.47. The molecule has 1 aromatic heterocycles. The number of fused-ring (bicyclic) bond motifs is 1. The van der Waals surface area contributed by atoms with Crippen LogP contribution in [0.2, 0.25) is 0 Å². The molecular weight excluding hydrogens is 242 g/mol. The number of thiophene rings is 1. The molecule has 0 unspecified atom stereocenters. The number of rotatable bonds is 5. The summed E-state index contributed by atoms with van der Waals surface area (Å²) in [6, 6.07) is 2.11. The molecule has 2 N–H and O–H groups in total. The van der Waals surface area contributed by atoms with Crippen molar-refractivity contribution in [3.8, 4) is 0 Å². The van der Waals surface area contributed by atoms with Gasteiger partial charge in [-0.15, -0.1) is 11.3 Å². The topological polar surface area (TPSA) is 41.6 Å². The molecule has 0 atom stereocenters. The fourth-order valence-electron chi connectivity index (χ4n) is 2.22. The first-order valence-electron chi connectivity index (χ1n) is 6.66. The van der Waals surface area contributed by atoms with E-state index in [2.05, 4.69) is 30.2 Å². The molecule has 1 aromatic rings. The van der Waals surface area contributed by atoms with Crippen LogP contribution in [-0.4, -0.2) is 17.3 Å². The van der Waals surface area contributed by atoms with E-state index in [0.29, 0.717) is 0 Å². The van der Waals surface area contributed by atoms with E-state index in [9.17, 15) is 0 Å². The van der Waals surface area contributed by atoms with E-state index in [-0.39, 0.29) is 0 Å². The first-order valence-corrected chi connectivity index (χ1v) is 7.54. The first-order chi connectivity index (χ1) is 8.81. The second kappa shape index (κ2) is 6.05. The van der Waals surface area contributed by atoms with Crippen molar-refractivity contribution < 1.29 is 0 Å². The van der Waals surface area contributed by atoms with Gasteiger partial charge in [-0.25, -0.2) is 4.99 Å². The van der Waals surface area contributed by atoms with Crippen molar-refractivity contribution in [1.29, 1.82) is 0 Å². The standard InChI is InChI=1S/C14H21N3S/c1-3-5-6-13-16-14-11(7-9-18-14)12(10-15)17(13)8-4-2/h7,9-10H,3-6,8,15H2,1-2H3/b12-10+. The summed E-state index contributed by atoms with van der Waals surface area (Å²) in [4.78, 5) is 7.09. The zero-order valence-corrected chi connectivity index (χ0v) is 12.0. The average molecular weight is 263 g/mol. The summed E-state index contributed by atoms with van der Waals surface area (Å²) >= 11 is 1.69. The van der Waals surface area contributed by atoms with E-state index < -0.39 is 0 Å². The lowest BCUT2D eigenvalue weighted by molar-refractivity contribution is 0.548. The van der Waals surface area contributed by atoms with Gasteiger partial charge in [0.25, 0.3) is 0 Å². The molecule has 0 fully saturated rings. The summed E-state index contributed by atoms with van der Waals surface area (Å²) in [5.74, 6) is 1.17. The van der Waals surface area contributed by atoms with E-state index in [1.807, 2.05) is 0 Å². The van der Waals surface area contributed by atoms with Crippen molar-refractivity contribution in [3.63, 3.8) is 0 Å². The van der Waals surface area contributed by atoms with Crippen LogP contribution in [0.15, 0.2) is 22.6 Å². The number of nitrogens with zero attached hydrogens (tertiary/aromatic N) is 2. The van der Waals surface area contributed by atoms with Crippen LogP contribution in [-0.2, 0) is 0 Å². The molecule has 1 aliphatic heterocycles. The van der Waals surface area contributed by atoms with Crippen LogP contribution in [0, 0.1) is 0 Å². The summed E-state index contributed by atoms with van der Waals surface area (Å²) in [6.45, 7) is 5.39. The maximum atomic E-state index is 5.83. The third-order valence-electron chi connectivity index (χ3n) is 3.11. The molecule has 0 saturated carbocycles. The van der Waals surface area contributed by atoms with Crippen molar-refractivity contribution in [1.82, 2.24) is 4.90 Å². The molecule has 3 nitrogen and oxygen atoms in total. The van der Waals surface area contributed by atoms with E-state index in [1.165, 1.54) is 24.2 Å². The normalized spacial score (nSPS) is 16.9. The maximum Gasteiger partial charge on any atom is 0.127 e. The highest BCUT2D eigenvalue weighted by Crippen LogP contribution is 2.38. The SMILES string of the molecule is CCCCC1=Nc2sccc2/C(=C\N)N1CCC. The zero-order chi connectivity index (χ0) is 13.0. The summed E-state index contributed by atoms with van der Waals surface area (Å²) in [5, 5.41) is 3.19. The predicted octanol–water partition coefficient (Wildman–Crippen LogP) is 3.95. The molecule has 0 bridgehead atoms. The third kappa shape index (κ3) is 2.43. The highest BCUT2D eigenvalue weighted by atomic mass is 32.1. The minimum absolute atomic E-state index is 0.987. The molecule has 1 aliphatic rings. The summed E-state index contributed by atoms with van der Waals surface area (Å²) in [6.07, 6.45) is 6.23. The van der Waals surface area contributed by atoms with Gasteiger partial charge in [-0.05, 0) is 24.3 Å². The van der Waals surface area contributed by atoms with Gasteiger partial charge in [0.05, 0.1) is 5.70 Å². The highest BCUT2D eigenvalue weighted by Gasteiger charge is 2.24. The van der Waals surface area contributed by atoms with E-state index in [4.69, 9.17) is 10.7 Å². The molecule has 0 radical (unpaired) electrons. The monoisotopic (exact) mass is 263 g/mol. The molecule has 98 valence electrons. The summed E-state index contributed by atoms with van der Waals surface area (Å²) in [5.41, 5.74) is 8.13. The molecule has 0 aliphatic carbocycles. The number of aliphatic imine (C=N–C) groups is 1. The fraction of sp³-hybridized carbons (Fsp3) is 0.500. The number of nitrogens with two attached hydrogens (primary N) is 1. The largest absolute Gasteiger partial charge is 0.403 e. The van der Waals surface area contributed by atoms with Crippen LogP contribution in [0.25, 0.3) is 5.70 Å². The average Bonchev–Trinajstić information content (AvgIpc) is 2.84. The number of amidine groups is 1. The molecule has 0 aromatic carbocycles. The summed E-state index contributed by atoms with van der Waals surface area (Å²) in [7, 11) is 0. The van der Waals surface area contributed by atoms with Crippen molar-refractivity contribution in [2.45, 2.75) is 39.5 Å². The first kappa shape index (κ1) is 13.1. The zero-order valence-electron chi connectivity index (χ0n) is 11.1. The lowest BCUT2D eigenvalue weighted by atomic mass is 10.1. The molecule has 4 heteroatoms. The van der Waals surface area contributed by atoms with Crippen molar-refractivity contribution in [2.75, 3.05) is 6.54 Å². The maximum absolute atomic E-state index is 5.83. The Morgan fingerprint density at radius 1 is 1.39 bits per heavy atom. The van der Waals surface area contributed by atoms with Gasteiger partial charge < -0.3 is 10.6 Å². The Kier molecular flexibility index (Phi) is 4.42. The van der Waals surface area contributed by atoms with Crippen LogP contribution >= 0.6 is 11.3 Å². The Morgan fingerprint density at radius 2 is 2.22 bits per heavy atom. The molecular formula is C14H21N3S. The van der Waals surface area contributed by atoms with Gasteiger partial charge in [0.15, 0.2) is 0 Å². The highest BCUT2D eigenvalue weighted by molar-refractivity contribution is 7.14. The Balaban J connectivity index is 2.36. The van der Waals surface area contributed by atoms with Gasteiger partial charge in [-0.2, -0.15) is 0 Å². The Labute approximate surface area is 113 Å². The fourth-order valence-corrected chi connectivity index (χ4v) is 3.01. The molecule has 18 heavy (non-hydrogen) atoms. The number of hydrogen-bond donors (Lipinski definition) is 1. The van der Waals surface area contributed by atoms with Gasteiger partial charge in [0, 0.05) is 24.7 Å². The van der Waals surface area contributed by atoms with Gasteiger partial charge >= 0.3 is 0 Å². The second-order valence-corrected chi connectivity index (χ2v) is 5.37. The van der Waals surface area contributed by atoms with Crippen LogP contribution in [0.5, 0.6) is 0 Å². The third-order valence-corrected chi connectivity index (χ3v) is 3.92. The van der Waals surface area contributed by atoms with Crippen LogP contribution in [0.4, 0.5) is 5.00 Å². The smallest absolute Gasteiger partial charge is 0.127 e. The summed E-state index contributed by atoms with van der Waals surface area (Å²) < 4.78 is 0.